The van der Waals surface area contributed by atoms with Crippen LogP contribution in [0.3, 0.4) is 0 Å². The van der Waals surface area contributed by atoms with Crippen LogP contribution in [0.25, 0.3) is 97.7 Å². The van der Waals surface area contributed by atoms with Crippen LogP contribution in [0.4, 0.5) is 17.1 Å². The van der Waals surface area contributed by atoms with E-state index < -0.39 is 0 Å². The first-order chi connectivity index (χ1) is 31.2. The maximum Gasteiger partial charge on any atom is 0.143 e. The van der Waals surface area contributed by atoms with Gasteiger partial charge in [0.1, 0.15) is 11.2 Å². The van der Waals surface area contributed by atoms with Crippen LogP contribution < -0.4 is 4.90 Å². The maximum atomic E-state index is 6.52. The van der Waals surface area contributed by atoms with Crippen LogP contribution in [0.2, 0.25) is 0 Å². The number of thiophene rings is 1. The van der Waals surface area contributed by atoms with Crippen LogP contribution in [0, 0.1) is 0 Å². The minimum atomic E-state index is 0.888. The summed E-state index contributed by atoms with van der Waals surface area (Å²) in [7, 11) is 0. The summed E-state index contributed by atoms with van der Waals surface area (Å²) in [4.78, 5) is 2.39. The lowest BCUT2D eigenvalue weighted by Crippen LogP contribution is -2.10. The Hall–Kier alpha value is -7.98. The second kappa shape index (κ2) is 15.5. The summed E-state index contributed by atoms with van der Waals surface area (Å²) >= 11 is 1.86. The largest absolute Gasteiger partial charge is 0.455 e. The molecule has 296 valence electrons. The zero-order valence-electron chi connectivity index (χ0n) is 34.3. The third kappa shape index (κ3) is 6.76. The van der Waals surface area contributed by atoms with E-state index in [2.05, 4.69) is 235 Å². The van der Waals surface area contributed by atoms with Gasteiger partial charge in [-0.3, -0.25) is 0 Å². The highest BCUT2D eigenvalue weighted by Crippen LogP contribution is 2.43. The van der Waals surface area contributed by atoms with E-state index in [0.717, 1.165) is 72.4 Å². The SMILES string of the molecule is c1ccc(-c2cc(-c3ccccc3)cc(N(c3ccc(-c4ccc5oc6c(-c7ccccc7)cccc6c5c4)cc3)c3ccc(-c4ccc5sc6ccccc6c5c4)cc3)c2)cc1. The molecule has 0 aliphatic rings. The van der Waals surface area contributed by atoms with Gasteiger partial charge in [0.05, 0.1) is 0 Å². The van der Waals surface area contributed by atoms with Crippen molar-refractivity contribution in [3.05, 3.63) is 237 Å². The molecule has 0 spiro atoms. The van der Waals surface area contributed by atoms with Crippen molar-refractivity contribution < 1.29 is 4.42 Å². The van der Waals surface area contributed by atoms with Gasteiger partial charge < -0.3 is 9.32 Å². The number of anilines is 3. The Kier molecular flexibility index (Phi) is 9.06. The van der Waals surface area contributed by atoms with E-state index >= 15 is 0 Å². The summed E-state index contributed by atoms with van der Waals surface area (Å²) in [5.74, 6) is 0. The third-order valence-corrected chi connectivity index (χ3v) is 13.4. The van der Waals surface area contributed by atoms with Crippen molar-refractivity contribution in [2.24, 2.45) is 0 Å². The molecule has 0 amide bonds. The van der Waals surface area contributed by atoms with E-state index in [1.807, 2.05) is 17.4 Å². The van der Waals surface area contributed by atoms with Crippen molar-refractivity contribution in [2.75, 3.05) is 4.90 Å². The number of hydrogen-bond acceptors (Lipinski definition) is 3. The Labute approximate surface area is 370 Å². The molecule has 2 nitrogen and oxygen atoms in total. The van der Waals surface area contributed by atoms with Gasteiger partial charge in [0.15, 0.2) is 0 Å². The van der Waals surface area contributed by atoms with Crippen LogP contribution in [0.5, 0.6) is 0 Å². The molecule has 10 aromatic carbocycles. The molecule has 0 saturated heterocycles. The Balaban J connectivity index is 0.967. The minimum Gasteiger partial charge on any atom is -0.455 e. The first-order valence-electron chi connectivity index (χ1n) is 21.4. The van der Waals surface area contributed by atoms with Crippen LogP contribution in [0.15, 0.2) is 241 Å². The van der Waals surface area contributed by atoms with E-state index in [0.29, 0.717) is 0 Å². The third-order valence-electron chi connectivity index (χ3n) is 12.3. The number of para-hydroxylation sites is 1. The van der Waals surface area contributed by atoms with Gasteiger partial charge in [-0.1, -0.05) is 164 Å². The van der Waals surface area contributed by atoms with Gasteiger partial charge in [-0.25, -0.2) is 0 Å². The molecule has 0 saturated carbocycles. The van der Waals surface area contributed by atoms with Crippen molar-refractivity contribution in [2.45, 2.75) is 0 Å². The Morgan fingerprint density at radius 1 is 0.286 bits per heavy atom. The van der Waals surface area contributed by atoms with Gasteiger partial charge in [0.2, 0.25) is 0 Å². The fraction of sp³-hybridized carbons (Fsp3) is 0. The number of rotatable bonds is 8. The monoisotopic (exact) mass is 821 g/mol. The lowest BCUT2D eigenvalue weighted by Gasteiger charge is -2.27. The van der Waals surface area contributed by atoms with Crippen molar-refractivity contribution >= 4 is 70.5 Å². The smallest absolute Gasteiger partial charge is 0.143 e. The highest BCUT2D eigenvalue weighted by Gasteiger charge is 2.18. The number of furan rings is 1. The first kappa shape index (κ1) is 36.8. The number of benzene rings is 10. The first-order valence-corrected chi connectivity index (χ1v) is 22.2. The van der Waals surface area contributed by atoms with Gasteiger partial charge in [0, 0.05) is 53.6 Å². The molecule has 0 unspecified atom stereocenters. The lowest BCUT2D eigenvalue weighted by atomic mass is 9.97. The molecule has 3 heteroatoms. The molecule has 63 heavy (non-hydrogen) atoms. The highest BCUT2D eigenvalue weighted by atomic mass is 32.1. The van der Waals surface area contributed by atoms with Gasteiger partial charge in [-0.05, 0) is 123 Å². The summed E-state index contributed by atoms with van der Waals surface area (Å²) in [5, 5.41) is 4.86. The molecule has 2 aromatic heterocycles. The summed E-state index contributed by atoms with van der Waals surface area (Å²) in [6.45, 7) is 0. The van der Waals surface area contributed by atoms with Crippen molar-refractivity contribution in [1.29, 1.82) is 0 Å². The van der Waals surface area contributed by atoms with Crippen LogP contribution >= 0.6 is 11.3 Å². The number of nitrogens with zero attached hydrogens (tertiary/aromatic N) is 1. The summed E-state index contributed by atoms with van der Waals surface area (Å²) in [6, 6.07) is 85.4. The average Bonchev–Trinajstić information content (AvgIpc) is 3.93. The van der Waals surface area contributed by atoms with E-state index in [-0.39, 0.29) is 0 Å². The quantitative estimate of drug-likeness (QED) is 0.152. The van der Waals surface area contributed by atoms with Crippen molar-refractivity contribution in [3.8, 4) is 55.6 Å². The Bertz CT molecular complexity index is 3530. The second-order valence-corrected chi connectivity index (χ2v) is 17.2. The molecule has 0 N–H and O–H groups in total. The molecule has 12 rings (SSSR count). The van der Waals surface area contributed by atoms with Gasteiger partial charge in [0.25, 0.3) is 0 Å². The fourth-order valence-corrected chi connectivity index (χ4v) is 10.2. The zero-order chi connectivity index (χ0) is 41.7. The Morgan fingerprint density at radius 3 is 1.41 bits per heavy atom. The normalized spacial score (nSPS) is 11.5. The van der Waals surface area contributed by atoms with Crippen LogP contribution in [-0.4, -0.2) is 0 Å². The van der Waals surface area contributed by atoms with Gasteiger partial charge in [-0.2, -0.15) is 0 Å². The molecular weight excluding hydrogens is 783 g/mol. The van der Waals surface area contributed by atoms with Crippen LogP contribution in [-0.2, 0) is 0 Å². The molecule has 0 atom stereocenters. The topological polar surface area (TPSA) is 16.4 Å². The Morgan fingerprint density at radius 2 is 0.778 bits per heavy atom. The molecule has 0 fully saturated rings. The molecule has 2 heterocycles. The molecule has 12 aromatic rings. The predicted molar refractivity (Wildman–Crippen MR) is 268 cm³/mol. The summed E-state index contributed by atoms with van der Waals surface area (Å²) in [6.07, 6.45) is 0. The standard InChI is InChI=1S/C60H39NOS/c1-4-13-40(14-5-1)47-35-48(41-15-6-2-7-16-41)37-51(36-47)61(50-31-25-43(26-32-50)46-28-34-59-56(39-46)53-19-10-11-22-58(53)63-59)49-29-23-42(24-30-49)45-27-33-57-55(38-45)54-21-12-20-52(60(54)62-57)44-17-8-3-9-18-44/h1-39H. The van der Waals surface area contributed by atoms with Crippen molar-refractivity contribution in [1.82, 2.24) is 0 Å². The lowest BCUT2D eigenvalue weighted by molar-refractivity contribution is 0.670. The number of hydrogen-bond donors (Lipinski definition) is 0. The van der Waals surface area contributed by atoms with Gasteiger partial charge >= 0.3 is 0 Å². The van der Waals surface area contributed by atoms with E-state index in [1.165, 1.54) is 42.4 Å². The van der Waals surface area contributed by atoms with E-state index in [1.54, 1.807) is 0 Å². The van der Waals surface area contributed by atoms with Gasteiger partial charge in [-0.15, -0.1) is 11.3 Å². The predicted octanol–water partition coefficient (Wildman–Crippen LogP) is 17.8. The highest BCUT2D eigenvalue weighted by molar-refractivity contribution is 7.25. The molecule has 0 radical (unpaired) electrons. The van der Waals surface area contributed by atoms with E-state index in [4.69, 9.17) is 4.42 Å². The van der Waals surface area contributed by atoms with E-state index in [9.17, 15) is 0 Å². The average molecular weight is 822 g/mol. The molecular formula is C60H39NOS. The molecule has 0 aliphatic carbocycles. The number of fused-ring (bicyclic) bond motifs is 6. The molecule has 0 bridgehead atoms. The van der Waals surface area contributed by atoms with Crippen molar-refractivity contribution in [3.63, 3.8) is 0 Å². The zero-order valence-corrected chi connectivity index (χ0v) is 35.1. The second-order valence-electron chi connectivity index (χ2n) is 16.1. The fourth-order valence-electron chi connectivity index (χ4n) is 9.12. The minimum absolute atomic E-state index is 0.888. The molecule has 0 aliphatic heterocycles. The summed E-state index contributed by atoms with van der Waals surface area (Å²) in [5.41, 5.74) is 16.7. The van der Waals surface area contributed by atoms with Crippen LogP contribution in [0.1, 0.15) is 0 Å². The summed E-state index contributed by atoms with van der Waals surface area (Å²) < 4.78 is 9.16. The maximum absolute atomic E-state index is 6.52.